The smallest absolute Gasteiger partial charge is 0.248 e. The van der Waals surface area contributed by atoms with Gasteiger partial charge in [0, 0.05) is 25.6 Å². The van der Waals surface area contributed by atoms with Crippen molar-refractivity contribution in [1.82, 2.24) is 24.9 Å². The summed E-state index contributed by atoms with van der Waals surface area (Å²) >= 11 is 0. The number of piperidine rings is 1. The van der Waals surface area contributed by atoms with Crippen molar-refractivity contribution >= 4 is 22.4 Å². The van der Waals surface area contributed by atoms with Gasteiger partial charge in [0.15, 0.2) is 11.6 Å². The number of sulfonamides is 1. The maximum absolute atomic E-state index is 13.0. The fourth-order valence-corrected chi connectivity index (χ4v) is 5.04. The largest absolute Gasteiger partial charge is 0.360 e. The molecule has 2 atom stereocenters. The Morgan fingerprint density at radius 2 is 2.04 bits per heavy atom. The van der Waals surface area contributed by atoms with Crippen molar-refractivity contribution in [3.05, 3.63) is 23.2 Å². The lowest BCUT2D eigenvalue weighted by atomic mass is 10.00. The first-order chi connectivity index (χ1) is 12.3. The molecule has 0 bridgehead atoms. The Hall–Kier alpha value is -1.49. The van der Waals surface area contributed by atoms with Crippen molar-refractivity contribution in [3.8, 4) is 0 Å². The summed E-state index contributed by atoms with van der Waals surface area (Å²) in [6, 6.07) is 0.239. The van der Waals surface area contributed by atoms with E-state index >= 15 is 0 Å². The van der Waals surface area contributed by atoms with E-state index in [1.54, 1.807) is 13.8 Å². The van der Waals surface area contributed by atoms with E-state index in [0.29, 0.717) is 42.7 Å². The Balaban J connectivity index is 0.00000261. The highest BCUT2D eigenvalue weighted by Gasteiger charge is 2.36. The molecule has 0 aromatic carbocycles. The van der Waals surface area contributed by atoms with Crippen LogP contribution in [0.2, 0.25) is 0 Å². The van der Waals surface area contributed by atoms with Crippen LogP contribution in [-0.4, -0.2) is 54.2 Å². The molecular weight excluding hydrogens is 394 g/mol. The van der Waals surface area contributed by atoms with Gasteiger partial charge >= 0.3 is 0 Å². The molecule has 0 amide bonds. The number of halogens is 1. The van der Waals surface area contributed by atoms with Crippen LogP contribution in [0.15, 0.2) is 13.9 Å². The minimum atomic E-state index is -3.66. The number of aromatic nitrogens is 3. The lowest BCUT2D eigenvalue weighted by Crippen LogP contribution is -2.39. The summed E-state index contributed by atoms with van der Waals surface area (Å²) in [6.45, 7) is 6.06. The first-order valence-electron chi connectivity index (χ1n) is 8.75. The molecule has 0 aliphatic carbocycles. The van der Waals surface area contributed by atoms with Gasteiger partial charge in [-0.2, -0.15) is 9.29 Å². The van der Waals surface area contributed by atoms with Gasteiger partial charge in [0.05, 0.1) is 5.92 Å². The zero-order valence-corrected chi connectivity index (χ0v) is 17.6. The fourth-order valence-electron chi connectivity index (χ4n) is 3.23. The van der Waals surface area contributed by atoms with Crippen LogP contribution in [0.25, 0.3) is 0 Å². The monoisotopic (exact) mass is 419 g/mol. The molecule has 1 aliphatic heterocycles. The molecule has 2 unspecified atom stereocenters. The van der Waals surface area contributed by atoms with Crippen molar-refractivity contribution in [2.24, 2.45) is 0 Å². The minimum Gasteiger partial charge on any atom is -0.360 e. The fraction of sp³-hybridized carbons (Fsp3) is 0.688. The van der Waals surface area contributed by atoms with Gasteiger partial charge in [-0.3, -0.25) is 0 Å². The van der Waals surface area contributed by atoms with E-state index in [0.717, 1.165) is 12.8 Å². The van der Waals surface area contributed by atoms with E-state index in [1.165, 1.54) is 4.31 Å². The van der Waals surface area contributed by atoms with E-state index in [4.69, 9.17) is 9.05 Å². The second-order valence-electron chi connectivity index (χ2n) is 6.80. The van der Waals surface area contributed by atoms with Crippen LogP contribution in [0.3, 0.4) is 0 Å². The Labute approximate surface area is 165 Å². The first-order valence-corrected chi connectivity index (χ1v) is 10.2. The number of hydrogen-bond donors (Lipinski definition) is 1. The number of nitrogens with zero attached hydrogens (tertiary/aromatic N) is 4. The maximum atomic E-state index is 13.0. The highest BCUT2D eigenvalue weighted by molar-refractivity contribution is 7.89. The quantitative estimate of drug-likeness (QED) is 0.753. The molecular formula is C16H26ClN5O4S. The van der Waals surface area contributed by atoms with Gasteiger partial charge in [-0.05, 0) is 40.7 Å². The van der Waals surface area contributed by atoms with E-state index in [-0.39, 0.29) is 29.3 Å². The van der Waals surface area contributed by atoms with Gasteiger partial charge in [0.2, 0.25) is 15.9 Å². The summed E-state index contributed by atoms with van der Waals surface area (Å²) in [7, 11) is -1.78. The highest BCUT2D eigenvalue weighted by Crippen LogP contribution is 2.31. The molecule has 2 aromatic rings. The second kappa shape index (κ2) is 8.68. The molecule has 0 spiro atoms. The molecule has 152 valence electrons. The van der Waals surface area contributed by atoms with Crippen molar-refractivity contribution < 1.29 is 17.5 Å². The average Bonchev–Trinajstić information content (AvgIpc) is 3.21. The zero-order chi connectivity index (χ0) is 18.9. The number of rotatable bonds is 6. The highest BCUT2D eigenvalue weighted by atomic mass is 35.5. The van der Waals surface area contributed by atoms with Crippen molar-refractivity contribution in [2.45, 2.75) is 56.9 Å². The van der Waals surface area contributed by atoms with Crippen molar-refractivity contribution in [1.29, 1.82) is 0 Å². The lowest BCUT2D eigenvalue weighted by molar-refractivity contribution is 0.264. The van der Waals surface area contributed by atoms with Crippen LogP contribution in [0.1, 0.15) is 48.9 Å². The van der Waals surface area contributed by atoms with E-state index in [1.807, 2.05) is 14.0 Å². The van der Waals surface area contributed by atoms with E-state index in [2.05, 4.69) is 20.6 Å². The molecule has 3 heterocycles. The third kappa shape index (κ3) is 4.50. The molecule has 1 N–H and O–H groups in total. The van der Waals surface area contributed by atoms with Crippen LogP contribution in [-0.2, 0) is 16.4 Å². The Kier molecular flexibility index (Phi) is 7.01. The Morgan fingerprint density at radius 1 is 1.30 bits per heavy atom. The predicted octanol–water partition coefficient (Wildman–Crippen LogP) is 1.81. The minimum absolute atomic E-state index is 0. The second-order valence-corrected chi connectivity index (χ2v) is 8.67. The number of nitrogens with one attached hydrogen (secondary N) is 1. The topological polar surface area (TPSA) is 114 Å². The van der Waals surface area contributed by atoms with Crippen LogP contribution >= 0.6 is 12.4 Å². The van der Waals surface area contributed by atoms with Gasteiger partial charge in [-0.25, -0.2) is 8.42 Å². The van der Waals surface area contributed by atoms with Gasteiger partial charge in [-0.1, -0.05) is 10.3 Å². The van der Waals surface area contributed by atoms with Crippen molar-refractivity contribution in [3.63, 3.8) is 0 Å². The zero-order valence-electron chi connectivity index (χ0n) is 15.9. The number of hydrogen-bond acceptors (Lipinski definition) is 8. The third-order valence-electron chi connectivity index (χ3n) is 4.76. The molecule has 27 heavy (non-hydrogen) atoms. The molecule has 3 rings (SSSR count). The van der Waals surface area contributed by atoms with Gasteiger partial charge in [0.1, 0.15) is 10.6 Å². The molecule has 0 saturated carbocycles. The van der Waals surface area contributed by atoms with Gasteiger partial charge < -0.3 is 14.4 Å². The maximum Gasteiger partial charge on any atom is 0.248 e. The molecule has 9 nitrogen and oxygen atoms in total. The summed E-state index contributed by atoms with van der Waals surface area (Å²) in [5, 5.41) is 10.9. The number of aryl methyl sites for hydroxylation is 2. The molecule has 2 aromatic heterocycles. The summed E-state index contributed by atoms with van der Waals surface area (Å²) in [5.74, 6) is 1.34. The molecule has 0 radical (unpaired) electrons. The molecule has 11 heteroatoms. The first kappa shape index (κ1) is 21.8. The average molecular weight is 420 g/mol. The summed E-state index contributed by atoms with van der Waals surface area (Å²) in [6.07, 6.45) is 2.21. The molecule has 1 saturated heterocycles. The Bertz CT molecular complexity index is 847. The Morgan fingerprint density at radius 3 is 2.67 bits per heavy atom. The summed E-state index contributed by atoms with van der Waals surface area (Å²) < 4.78 is 37.9. The van der Waals surface area contributed by atoms with Gasteiger partial charge in [-0.15, -0.1) is 12.4 Å². The van der Waals surface area contributed by atoms with E-state index in [9.17, 15) is 8.42 Å². The normalized spacial score (nSPS) is 19.6. The third-order valence-corrected chi connectivity index (χ3v) is 6.87. The van der Waals surface area contributed by atoms with E-state index < -0.39 is 10.0 Å². The van der Waals surface area contributed by atoms with Crippen LogP contribution in [0, 0.1) is 13.8 Å². The standard InChI is InChI=1S/C16H25N5O4S.ClH/c1-10(17-4)8-14-18-16(25-20-14)13-6-5-7-21(9-13)26(22,23)15-11(2)19-24-12(15)3;/h10,13,17H,5-9H2,1-4H3;1H. The lowest BCUT2D eigenvalue weighted by Gasteiger charge is -2.29. The van der Waals surface area contributed by atoms with Crippen LogP contribution in [0.4, 0.5) is 0 Å². The number of likely N-dealkylation sites (N-methyl/N-ethyl adjacent to an activating group) is 1. The predicted molar refractivity (Wildman–Crippen MR) is 100 cm³/mol. The van der Waals surface area contributed by atoms with Crippen LogP contribution in [0.5, 0.6) is 0 Å². The van der Waals surface area contributed by atoms with Gasteiger partial charge in [0.25, 0.3) is 0 Å². The van der Waals surface area contributed by atoms with Crippen LogP contribution < -0.4 is 5.32 Å². The summed E-state index contributed by atoms with van der Waals surface area (Å²) in [4.78, 5) is 4.63. The van der Waals surface area contributed by atoms with Crippen molar-refractivity contribution in [2.75, 3.05) is 20.1 Å². The SMILES string of the molecule is CNC(C)Cc1noc(C2CCCN(S(=O)(=O)c3c(C)noc3C)C2)n1.Cl. The molecule has 1 aliphatic rings. The summed E-state index contributed by atoms with van der Waals surface area (Å²) in [5.41, 5.74) is 0.380. The molecule has 1 fully saturated rings.